The SMILES string of the molecule is CCNC(=NCCN1CCN(C(C)=O)CC1)N(C)Cc1cccn1C.I. The average molecular weight is 476 g/mol. The number of rotatable bonds is 6. The van der Waals surface area contributed by atoms with Gasteiger partial charge in [-0.15, -0.1) is 24.0 Å². The molecule has 148 valence electrons. The van der Waals surface area contributed by atoms with Gasteiger partial charge in [0.1, 0.15) is 0 Å². The number of hydrogen-bond donors (Lipinski definition) is 1. The molecule has 7 nitrogen and oxygen atoms in total. The van der Waals surface area contributed by atoms with Crippen molar-refractivity contribution >= 4 is 35.8 Å². The zero-order valence-electron chi connectivity index (χ0n) is 16.4. The third-order valence-corrected chi connectivity index (χ3v) is 4.64. The summed E-state index contributed by atoms with van der Waals surface area (Å²) >= 11 is 0. The molecule has 0 spiro atoms. The van der Waals surface area contributed by atoms with Crippen LogP contribution in [0.3, 0.4) is 0 Å². The first-order valence-corrected chi connectivity index (χ1v) is 9.08. The lowest BCUT2D eigenvalue weighted by atomic mass is 10.3. The number of guanidine groups is 1. The van der Waals surface area contributed by atoms with Gasteiger partial charge >= 0.3 is 0 Å². The van der Waals surface area contributed by atoms with Gasteiger partial charge in [-0.3, -0.25) is 14.7 Å². The van der Waals surface area contributed by atoms with Crippen molar-refractivity contribution in [3.63, 3.8) is 0 Å². The van der Waals surface area contributed by atoms with Crippen LogP contribution < -0.4 is 5.32 Å². The van der Waals surface area contributed by atoms with E-state index in [2.05, 4.69) is 59.0 Å². The first kappa shape index (κ1) is 22.8. The van der Waals surface area contributed by atoms with Crippen molar-refractivity contribution in [2.45, 2.75) is 20.4 Å². The Hall–Kier alpha value is -1.29. The van der Waals surface area contributed by atoms with E-state index in [0.29, 0.717) is 0 Å². The third-order valence-electron chi connectivity index (χ3n) is 4.64. The molecule has 1 aliphatic rings. The molecule has 0 radical (unpaired) electrons. The van der Waals surface area contributed by atoms with E-state index in [1.807, 2.05) is 4.90 Å². The number of amides is 1. The zero-order chi connectivity index (χ0) is 18.2. The molecule has 1 N–H and O–H groups in total. The van der Waals surface area contributed by atoms with Gasteiger partial charge in [0.05, 0.1) is 13.1 Å². The Bertz CT molecular complexity index is 580. The Morgan fingerprint density at radius 3 is 2.54 bits per heavy atom. The fourth-order valence-corrected chi connectivity index (χ4v) is 3.03. The molecule has 26 heavy (non-hydrogen) atoms. The highest BCUT2D eigenvalue weighted by Gasteiger charge is 2.18. The maximum Gasteiger partial charge on any atom is 0.219 e. The number of aryl methyl sites for hydroxylation is 1. The van der Waals surface area contributed by atoms with Gasteiger partial charge in [0.25, 0.3) is 0 Å². The largest absolute Gasteiger partial charge is 0.357 e. The molecule has 0 aliphatic carbocycles. The van der Waals surface area contributed by atoms with Gasteiger partial charge in [0.2, 0.25) is 5.91 Å². The molecular formula is C18H33IN6O. The first-order valence-electron chi connectivity index (χ1n) is 9.08. The van der Waals surface area contributed by atoms with Crippen molar-refractivity contribution in [3.05, 3.63) is 24.0 Å². The lowest BCUT2D eigenvalue weighted by molar-refractivity contribution is -0.130. The van der Waals surface area contributed by atoms with Crippen LogP contribution in [-0.4, -0.2) is 84.0 Å². The van der Waals surface area contributed by atoms with E-state index >= 15 is 0 Å². The number of halogens is 1. The number of aliphatic imine (C=N–C) groups is 1. The van der Waals surface area contributed by atoms with Crippen molar-refractivity contribution in [2.24, 2.45) is 12.0 Å². The van der Waals surface area contributed by atoms with E-state index in [9.17, 15) is 4.79 Å². The minimum Gasteiger partial charge on any atom is -0.357 e. The average Bonchev–Trinajstić information content (AvgIpc) is 2.99. The van der Waals surface area contributed by atoms with Crippen molar-refractivity contribution in [1.29, 1.82) is 0 Å². The Morgan fingerprint density at radius 1 is 1.31 bits per heavy atom. The van der Waals surface area contributed by atoms with Crippen molar-refractivity contribution in [3.8, 4) is 0 Å². The molecule has 8 heteroatoms. The Morgan fingerprint density at radius 2 is 2.00 bits per heavy atom. The molecule has 1 amide bonds. The molecule has 1 aromatic heterocycles. The summed E-state index contributed by atoms with van der Waals surface area (Å²) < 4.78 is 2.13. The van der Waals surface area contributed by atoms with Crippen LogP contribution in [-0.2, 0) is 18.4 Å². The second-order valence-corrected chi connectivity index (χ2v) is 6.55. The molecule has 1 fully saturated rings. The Balaban J connectivity index is 0.00000338. The molecule has 2 heterocycles. The van der Waals surface area contributed by atoms with Crippen LogP contribution in [0, 0.1) is 0 Å². The van der Waals surface area contributed by atoms with Crippen LogP contribution in [0.25, 0.3) is 0 Å². The summed E-state index contributed by atoms with van der Waals surface area (Å²) in [6, 6.07) is 4.20. The summed E-state index contributed by atoms with van der Waals surface area (Å²) in [4.78, 5) is 22.6. The number of nitrogens with zero attached hydrogens (tertiary/aromatic N) is 5. The lowest BCUT2D eigenvalue weighted by Gasteiger charge is -2.33. The fraction of sp³-hybridized carbons (Fsp3) is 0.667. The van der Waals surface area contributed by atoms with Crippen LogP contribution in [0.15, 0.2) is 23.3 Å². The molecule has 1 saturated heterocycles. The highest BCUT2D eigenvalue weighted by atomic mass is 127. The first-order chi connectivity index (χ1) is 12.0. The Kier molecular flexibility index (Phi) is 10.0. The minimum atomic E-state index is 0. The van der Waals surface area contributed by atoms with Crippen molar-refractivity contribution < 1.29 is 4.79 Å². The van der Waals surface area contributed by atoms with Gasteiger partial charge in [-0.05, 0) is 19.1 Å². The van der Waals surface area contributed by atoms with Gasteiger partial charge in [-0.1, -0.05) is 0 Å². The molecular weight excluding hydrogens is 443 g/mol. The number of piperazine rings is 1. The fourth-order valence-electron chi connectivity index (χ4n) is 3.03. The summed E-state index contributed by atoms with van der Waals surface area (Å²) in [6.45, 7) is 10.6. The number of carbonyl (C=O) groups excluding carboxylic acids is 1. The lowest BCUT2D eigenvalue weighted by Crippen LogP contribution is -2.48. The van der Waals surface area contributed by atoms with E-state index in [4.69, 9.17) is 4.99 Å². The van der Waals surface area contributed by atoms with E-state index < -0.39 is 0 Å². The van der Waals surface area contributed by atoms with Gasteiger partial charge in [-0.2, -0.15) is 0 Å². The highest BCUT2D eigenvalue weighted by molar-refractivity contribution is 14.0. The van der Waals surface area contributed by atoms with E-state index in [-0.39, 0.29) is 29.9 Å². The van der Waals surface area contributed by atoms with Gasteiger partial charge < -0.3 is 19.7 Å². The number of aromatic nitrogens is 1. The second kappa shape index (κ2) is 11.4. The molecule has 0 bridgehead atoms. The van der Waals surface area contributed by atoms with Crippen LogP contribution in [0.5, 0.6) is 0 Å². The highest BCUT2D eigenvalue weighted by Crippen LogP contribution is 2.04. The smallest absolute Gasteiger partial charge is 0.219 e. The maximum atomic E-state index is 11.4. The minimum absolute atomic E-state index is 0. The van der Waals surface area contributed by atoms with E-state index in [1.54, 1.807) is 6.92 Å². The number of hydrogen-bond acceptors (Lipinski definition) is 3. The third kappa shape index (κ3) is 6.79. The predicted molar refractivity (Wildman–Crippen MR) is 117 cm³/mol. The molecule has 1 aliphatic heterocycles. The van der Waals surface area contributed by atoms with Crippen LogP contribution in [0.1, 0.15) is 19.5 Å². The standard InChI is InChI=1S/C18H32N6O.HI/c1-5-19-18(22(4)15-17-7-6-9-21(17)3)20-8-10-23-11-13-24(14-12-23)16(2)25;/h6-7,9H,5,8,10-15H2,1-4H3,(H,19,20);1H. The quantitative estimate of drug-likeness (QED) is 0.381. The summed E-state index contributed by atoms with van der Waals surface area (Å²) in [7, 11) is 4.13. The van der Waals surface area contributed by atoms with Crippen LogP contribution in [0.2, 0.25) is 0 Å². The maximum absolute atomic E-state index is 11.4. The van der Waals surface area contributed by atoms with Crippen LogP contribution >= 0.6 is 24.0 Å². The predicted octanol–water partition coefficient (Wildman–Crippen LogP) is 1.20. The molecule has 0 aromatic carbocycles. The zero-order valence-corrected chi connectivity index (χ0v) is 18.8. The monoisotopic (exact) mass is 476 g/mol. The van der Waals surface area contributed by atoms with E-state index in [1.165, 1.54) is 5.69 Å². The van der Waals surface area contributed by atoms with Gasteiger partial charge in [0, 0.05) is 72.2 Å². The van der Waals surface area contributed by atoms with E-state index in [0.717, 1.165) is 58.3 Å². The second-order valence-electron chi connectivity index (χ2n) is 6.55. The van der Waals surface area contributed by atoms with Crippen LogP contribution in [0.4, 0.5) is 0 Å². The van der Waals surface area contributed by atoms with Gasteiger partial charge in [-0.25, -0.2) is 0 Å². The van der Waals surface area contributed by atoms with Crippen molar-refractivity contribution in [1.82, 2.24) is 24.6 Å². The normalized spacial score (nSPS) is 15.5. The molecule has 0 unspecified atom stereocenters. The summed E-state index contributed by atoms with van der Waals surface area (Å²) in [5.41, 5.74) is 1.26. The molecule has 0 saturated carbocycles. The summed E-state index contributed by atoms with van der Waals surface area (Å²) in [5, 5.41) is 3.37. The molecule has 0 atom stereocenters. The number of nitrogens with one attached hydrogen (secondary N) is 1. The van der Waals surface area contributed by atoms with Crippen molar-refractivity contribution in [2.75, 3.05) is 52.9 Å². The Labute approximate surface area is 174 Å². The van der Waals surface area contributed by atoms with Gasteiger partial charge in [0.15, 0.2) is 5.96 Å². The number of carbonyl (C=O) groups is 1. The summed E-state index contributed by atoms with van der Waals surface area (Å²) in [6.07, 6.45) is 2.06. The topological polar surface area (TPSA) is 56.1 Å². The molecule has 1 aromatic rings. The molecule has 2 rings (SSSR count). The summed E-state index contributed by atoms with van der Waals surface area (Å²) in [5.74, 6) is 1.11.